The predicted octanol–water partition coefficient (Wildman–Crippen LogP) is 1.28. The number of rotatable bonds is 2. The summed E-state index contributed by atoms with van der Waals surface area (Å²) in [5, 5.41) is 2.77. The normalized spacial score (nSPS) is 31.6. The second kappa shape index (κ2) is 2.48. The molecule has 0 aromatic rings. The van der Waals surface area contributed by atoms with Crippen molar-refractivity contribution in [3.63, 3.8) is 0 Å². The number of amides is 1. The molecular weight excluding hydrogens is 130 g/mol. The minimum atomic E-state index is -0.282. The topological polar surface area (TPSA) is 38.3 Å². The first kappa shape index (κ1) is 7.38. The van der Waals surface area contributed by atoms with Gasteiger partial charge >= 0.3 is 6.09 Å². The summed E-state index contributed by atoms with van der Waals surface area (Å²) in [6.07, 6.45) is 1.77. The molecule has 0 spiro atoms. The van der Waals surface area contributed by atoms with Crippen molar-refractivity contribution in [2.45, 2.75) is 32.2 Å². The molecule has 0 saturated carbocycles. The van der Waals surface area contributed by atoms with Gasteiger partial charge in [-0.3, -0.25) is 0 Å². The highest BCUT2D eigenvalue weighted by molar-refractivity contribution is 5.70. The van der Waals surface area contributed by atoms with Crippen LogP contribution < -0.4 is 5.32 Å². The molecule has 1 aliphatic heterocycles. The Bertz CT molecular complexity index is 147. The van der Waals surface area contributed by atoms with Crippen LogP contribution in [-0.4, -0.2) is 18.2 Å². The molecule has 1 fully saturated rings. The van der Waals surface area contributed by atoms with Crippen LogP contribution in [0.4, 0.5) is 4.79 Å². The third-order valence-electron chi connectivity index (χ3n) is 1.73. The van der Waals surface area contributed by atoms with Gasteiger partial charge in [0.15, 0.2) is 0 Å². The van der Waals surface area contributed by atoms with Crippen LogP contribution in [0.3, 0.4) is 0 Å². The highest BCUT2D eigenvalue weighted by Crippen LogP contribution is 2.17. The van der Waals surface area contributed by atoms with Crippen molar-refractivity contribution in [1.29, 1.82) is 0 Å². The van der Waals surface area contributed by atoms with Gasteiger partial charge < -0.3 is 10.1 Å². The molecule has 1 amide bonds. The highest BCUT2D eigenvalue weighted by atomic mass is 16.6. The van der Waals surface area contributed by atoms with E-state index in [-0.39, 0.29) is 11.6 Å². The minimum absolute atomic E-state index is 0.105. The van der Waals surface area contributed by atoms with E-state index < -0.39 is 0 Å². The summed E-state index contributed by atoms with van der Waals surface area (Å²) in [4.78, 5) is 10.6. The summed E-state index contributed by atoms with van der Waals surface area (Å²) < 4.78 is 4.77. The number of alkyl carbamates (subject to hydrolysis) is 1. The van der Waals surface area contributed by atoms with Gasteiger partial charge in [0.2, 0.25) is 0 Å². The lowest BCUT2D eigenvalue weighted by Gasteiger charge is -2.18. The van der Waals surface area contributed by atoms with Crippen molar-refractivity contribution in [2.75, 3.05) is 6.61 Å². The Morgan fingerprint density at radius 2 is 2.50 bits per heavy atom. The van der Waals surface area contributed by atoms with Crippen molar-refractivity contribution in [2.24, 2.45) is 0 Å². The van der Waals surface area contributed by atoms with Gasteiger partial charge in [0.25, 0.3) is 0 Å². The summed E-state index contributed by atoms with van der Waals surface area (Å²) in [6, 6.07) is 0. The molecule has 3 nitrogen and oxygen atoms in total. The maximum absolute atomic E-state index is 10.6. The van der Waals surface area contributed by atoms with Crippen LogP contribution in [0.25, 0.3) is 0 Å². The number of nitrogens with one attached hydrogen (secondary N) is 1. The molecular formula is C7H13NO2. The molecule has 1 atom stereocenters. The quantitative estimate of drug-likeness (QED) is 0.632. The van der Waals surface area contributed by atoms with Crippen molar-refractivity contribution in [1.82, 2.24) is 5.32 Å². The van der Waals surface area contributed by atoms with Crippen LogP contribution >= 0.6 is 0 Å². The Kier molecular flexibility index (Phi) is 1.83. The molecule has 58 valence electrons. The van der Waals surface area contributed by atoms with E-state index in [2.05, 4.69) is 12.2 Å². The molecule has 0 radical (unpaired) electrons. The van der Waals surface area contributed by atoms with E-state index in [1.165, 1.54) is 0 Å². The number of ether oxygens (including phenoxy) is 1. The van der Waals surface area contributed by atoms with Gasteiger partial charge in [-0.2, -0.15) is 0 Å². The van der Waals surface area contributed by atoms with Crippen LogP contribution in [0.5, 0.6) is 0 Å². The van der Waals surface area contributed by atoms with Gasteiger partial charge in [-0.1, -0.05) is 13.3 Å². The first-order valence-electron chi connectivity index (χ1n) is 3.61. The van der Waals surface area contributed by atoms with Crippen molar-refractivity contribution in [3.8, 4) is 0 Å². The first-order chi connectivity index (χ1) is 4.66. The zero-order valence-electron chi connectivity index (χ0n) is 6.44. The fourth-order valence-corrected chi connectivity index (χ4v) is 1.23. The SMILES string of the molecule is CCCC1(C)COC(=O)N1. The number of carbonyl (C=O) groups excluding carboxylic acids is 1. The lowest BCUT2D eigenvalue weighted by atomic mass is 9.99. The maximum atomic E-state index is 10.6. The van der Waals surface area contributed by atoms with E-state index in [0.29, 0.717) is 6.61 Å². The van der Waals surface area contributed by atoms with Gasteiger partial charge in [-0.25, -0.2) is 4.79 Å². The number of cyclic esters (lactones) is 1. The lowest BCUT2D eigenvalue weighted by Crippen LogP contribution is -2.39. The third kappa shape index (κ3) is 1.40. The van der Waals surface area contributed by atoms with Gasteiger partial charge in [0, 0.05) is 0 Å². The van der Waals surface area contributed by atoms with Gasteiger partial charge in [-0.15, -0.1) is 0 Å². The minimum Gasteiger partial charge on any atom is -0.447 e. The molecule has 1 aliphatic rings. The Balaban J connectivity index is 2.46. The smallest absolute Gasteiger partial charge is 0.407 e. The molecule has 0 aliphatic carbocycles. The first-order valence-corrected chi connectivity index (χ1v) is 3.61. The van der Waals surface area contributed by atoms with Crippen LogP contribution in [0.1, 0.15) is 26.7 Å². The molecule has 0 aromatic carbocycles. The summed E-state index contributed by atoms with van der Waals surface area (Å²) in [7, 11) is 0. The molecule has 0 aromatic heterocycles. The highest BCUT2D eigenvalue weighted by Gasteiger charge is 2.33. The molecule has 1 heterocycles. The summed E-state index contributed by atoms with van der Waals surface area (Å²) in [6.45, 7) is 4.61. The van der Waals surface area contributed by atoms with E-state index in [0.717, 1.165) is 12.8 Å². The summed E-state index contributed by atoms with van der Waals surface area (Å²) >= 11 is 0. The molecule has 1 N–H and O–H groups in total. The van der Waals surface area contributed by atoms with E-state index in [1.54, 1.807) is 0 Å². The van der Waals surface area contributed by atoms with Crippen molar-refractivity contribution in [3.05, 3.63) is 0 Å². The molecule has 1 saturated heterocycles. The summed E-state index contributed by atoms with van der Waals surface area (Å²) in [5.74, 6) is 0. The Labute approximate surface area is 60.7 Å². The molecule has 1 rings (SSSR count). The average molecular weight is 143 g/mol. The van der Waals surface area contributed by atoms with Crippen LogP contribution in [0, 0.1) is 0 Å². The van der Waals surface area contributed by atoms with Gasteiger partial charge in [0.05, 0.1) is 5.54 Å². The Morgan fingerprint density at radius 1 is 1.80 bits per heavy atom. The van der Waals surface area contributed by atoms with Gasteiger partial charge in [-0.05, 0) is 13.3 Å². The number of carbonyl (C=O) groups is 1. The van der Waals surface area contributed by atoms with E-state index in [1.807, 2.05) is 6.92 Å². The maximum Gasteiger partial charge on any atom is 0.407 e. The molecule has 10 heavy (non-hydrogen) atoms. The predicted molar refractivity (Wildman–Crippen MR) is 37.8 cm³/mol. The molecule has 3 heteroatoms. The summed E-state index contributed by atoms with van der Waals surface area (Å²) in [5.41, 5.74) is -0.105. The van der Waals surface area contributed by atoms with Crippen LogP contribution in [0.15, 0.2) is 0 Å². The van der Waals surface area contributed by atoms with E-state index in [4.69, 9.17) is 4.74 Å². The molecule has 1 unspecified atom stereocenters. The van der Waals surface area contributed by atoms with Crippen molar-refractivity contribution >= 4 is 6.09 Å². The monoisotopic (exact) mass is 143 g/mol. The fourth-order valence-electron chi connectivity index (χ4n) is 1.23. The third-order valence-corrected chi connectivity index (χ3v) is 1.73. The number of hydrogen-bond donors (Lipinski definition) is 1. The van der Waals surface area contributed by atoms with Crippen LogP contribution in [0.2, 0.25) is 0 Å². The zero-order valence-corrected chi connectivity index (χ0v) is 6.44. The second-order valence-electron chi connectivity index (χ2n) is 3.01. The van der Waals surface area contributed by atoms with Gasteiger partial charge in [0.1, 0.15) is 6.61 Å². The van der Waals surface area contributed by atoms with Crippen LogP contribution in [-0.2, 0) is 4.74 Å². The largest absolute Gasteiger partial charge is 0.447 e. The second-order valence-corrected chi connectivity index (χ2v) is 3.01. The van der Waals surface area contributed by atoms with Crippen molar-refractivity contribution < 1.29 is 9.53 Å². The fraction of sp³-hybridized carbons (Fsp3) is 0.857. The zero-order chi connectivity index (χ0) is 7.61. The Hall–Kier alpha value is -0.730. The number of hydrogen-bond acceptors (Lipinski definition) is 2. The van der Waals surface area contributed by atoms with E-state index >= 15 is 0 Å². The lowest BCUT2D eigenvalue weighted by molar-refractivity contribution is 0.172. The molecule has 0 bridgehead atoms. The van der Waals surface area contributed by atoms with E-state index in [9.17, 15) is 4.79 Å². The Morgan fingerprint density at radius 3 is 2.90 bits per heavy atom. The standard InChI is InChI=1S/C7H13NO2/c1-3-4-7(2)5-10-6(9)8-7/h3-5H2,1-2H3,(H,8,9). The average Bonchev–Trinajstić information content (AvgIpc) is 2.12.